The number of hydrogen-bond acceptors (Lipinski definition) is 7. The Balaban J connectivity index is 1.69. The van der Waals surface area contributed by atoms with Crippen LogP contribution >= 0.6 is 11.8 Å². The summed E-state index contributed by atoms with van der Waals surface area (Å²) < 4.78 is 7.11. The predicted octanol–water partition coefficient (Wildman–Crippen LogP) is 2.22. The molecular formula is C22H19N5O4S. The van der Waals surface area contributed by atoms with Crippen molar-refractivity contribution in [3.63, 3.8) is 0 Å². The van der Waals surface area contributed by atoms with E-state index < -0.39 is 11.2 Å². The van der Waals surface area contributed by atoms with Gasteiger partial charge in [0, 0.05) is 29.8 Å². The van der Waals surface area contributed by atoms with Gasteiger partial charge in [-0.15, -0.1) is 10.2 Å². The summed E-state index contributed by atoms with van der Waals surface area (Å²) in [6, 6.07) is 17.6. The Morgan fingerprint density at radius 1 is 1.03 bits per heavy atom. The maximum Gasteiger partial charge on any atom is 0.325 e. The number of ether oxygens (including phenoxy) is 1. The molecule has 0 radical (unpaired) electrons. The molecule has 0 aliphatic rings. The minimum atomic E-state index is -0.594. The number of rotatable bonds is 8. The average molecular weight is 449 g/mol. The maximum atomic E-state index is 12.6. The summed E-state index contributed by atoms with van der Waals surface area (Å²) in [4.78, 5) is 40.6. The largest absolute Gasteiger partial charge is 0.497 e. The second kappa shape index (κ2) is 9.48. The number of methoxy groups -OCH3 is 1. The van der Waals surface area contributed by atoms with Gasteiger partial charge in [-0.3, -0.25) is 19.1 Å². The molecule has 0 unspecified atom stereocenters. The summed E-state index contributed by atoms with van der Waals surface area (Å²) in [5.41, 5.74) is 0.648. The van der Waals surface area contributed by atoms with Crippen LogP contribution in [0.25, 0.3) is 5.69 Å². The number of nitrogens with zero attached hydrogens (tertiary/aromatic N) is 3. The second-order valence-corrected chi connectivity index (χ2v) is 7.75. The second-order valence-electron chi connectivity index (χ2n) is 6.80. The molecule has 10 heteroatoms. The molecule has 0 aliphatic carbocycles. The highest BCUT2D eigenvalue weighted by Gasteiger charge is 2.18. The number of ketones is 1. The van der Waals surface area contributed by atoms with Crippen LogP contribution < -0.4 is 16.0 Å². The van der Waals surface area contributed by atoms with E-state index in [4.69, 9.17) is 4.74 Å². The molecule has 0 fully saturated rings. The van der Waals surface area contributed by atoms with Gasteiger partial charge in [-0.2, -0.15) is 0 Å². The van der Waals surface area contributed by atoms with Crippen molar-refractivity contribution in [3.8, 4) is 11.4 Å². The Morgan fingerprint density at radius 2 is 1.84 bits per heavy atom. The zero-order valence-electron chi connectivity index (χ0n) is 17.1. The molecule has 0 saturated heterocycles. The molecule has 2 N–H and O–H groups in total. The summed E-state index contributed by atoms with van der Waals surface area (Å²) in [5.74, 6) is 1.28. The van der Waals surface area contributed by atoms with E-state index in [2.05, 4.69) is 20.2 Å². The normalized spacial score (nSPS) is 10.8. The first-order valence-corrected chi connectivity index (χ1v) is 10.6. The number of carbonyl (C=O) groups is 1. The SMILES string of the molecule is COc1cccc(-n2c(Cc3cc(=O)[nH]c(=O)[nH]3)nnc2SCC(=O)c2ccccc2)c1. The third kappa shape index (κ3) is 4.86. The molecule has 0 bridgehead atoms. The summed E-state index contributed by atoms with van der Waals surface area (Å²) >= 11 is 1.26. The van der Waals surface area contributed by atoms with Crippen molar-refractivity contribution in [2.75, 3.05) is 12.9 Å². The number of nitrogens with one attached hydrogen (secondary N) is 2. The monoisotopic (exact) mass is 449 g/mol. The van der Waals surface area contributed by atoms with Crippen molar-refractivity contribution >= 4 is 17.5 Å². The van der Waals surface area contributed by atoms with E-state index in [1.54, 1.807) is 23.8 Å². The van der Waals surface area contributed by atoms with Crippen LogP contribution in [0.15, 0.2) is 75.4 Å². The minimum absolute atomic E-state index is 0.0312. The van der Waals surface area contributed by atoms with Gasteiger partial charge >= 0.3 is 5.69 Å². The molecule has 2 aromatic heterocycles. The van der Waals surface area contributed by atoms with Crippen LogP contribution in [0.4, 0.5) is 0 Å². The van der Waals surface area contributed by atoms with Crippen LogP contribution in [0.5, 0.6) is 5.75 Å². The van der Waals surface area contributed by atoms with Crippen molar-refractivity contribution in [3.05, 3.63) is 98.6 Å². The lowest BCUT2D eigenvalue weighted by molar-refractivity contribution is 0.102. The van der Waals surface area contributed by atoms with Gasteiger partial charge in [0.05, 0.1) is 18.6 Å². The van der Waals surface area contributed by atoms with Crippen LogP contribution in [0.2, 0.25) is 0 Å². The van der Waals surface area contributed by atoms with E-state index >= 15 is 0 Å². The zero-order chi connectivity index (χ0) is 22.5. The summed E-state index contributed by atoms with van der Waals surface area (Å²) in [5, 5.41) is 9.02. The summed E-state index contributed by atoms with van der Waals surface area (Å²) in [6.45, 7) is 0. The quantitative estimate of drug-likeness (QED) is 0.312. The van der Waals surface area contributed by atoms with Gasteiger partial charge in [0.25, 0.3) is 5.56 Å². The third-order valence-corrected chi connectivity index (χ3v) is 5.53. The Kier molecular flexibility index (Phi) is 6.31. The Bertz CT molecular complexity index is 1330. The average Bonchev–Trinajstić information content (AvgIpc) is 3.19. The first-order chi connectivity index (χ1) is 15.5. The fourth-order valence-electron chi connectivity index (χ4n) is 3.14. The molecular weight excluding hydrogens is 430 g/mol. The minimum Gasteiger partial charge on any atom is -0.497 e. The van der Waals surface area contributed by atoms with Crippen molar-refractivity contribution in [1.29, 1.82) is 0 Å². The molecule has 0 aliphatic heterocycles. The molecule has 0 saturated carbocycles. The third-order valence-electron chi connectivity index (χ3n) is 4.60. The Labute approximate surface area is 186 Å². The number of thioether (sulfide) groups is 1. The van der Waals surface area contributed by atoms with Crippen LogP contribution in [-0.2, 0) is 6.42 Å². The lowest BCUT2D eigenvalue weighted by atomic mass is 10.2. The van der Waals surface area contributed by atoms with Crippen molar-refractivity contribution < 1.29 is 9.53 Å². The van der Waals surface area contributed by atoms with E-state index in [-0.39, 0.29) is 18.0 Å². The van der Waals surface area contributed by atoms with Crippen molar-refractivity contribution in [2.45, 2.75) is 11.6 Å². The fourth-order valence-corrected chi connectivity index (χ4v) is 4.00. The van der Waals surface area contributed by atoms with Crippen molar-refractivity contribution in [2.24, 2.45) is 0 Å². The first-order valence-electron chi connectivity index (χ1n) is 9.66. The molecule has 0 amide bonds. The topological polar surface area (TPSA) is 123 Å². The molecule has 0 atom stereocenters. The fraction of sp³-hybridized carbons (Fsp3) is 0.136. The molecule has 32 heavy (non-hydrogen) atoms. The van der Waals surface area contributed by atoms with E-state index in [9.17, 15) is 14.4 Å². The van der Waals surface area contributed by atoms with Crippen molar-refractivity contribution in [1.82, 2.24) is 24.7 Å². The van der Waals surface area contributed by atoms with Crippen LogP contribution in [0.1, 0.15) is 21.9 Å². The van der Waals surface area contributed by atoms with E-state index in [1.807, 2.05) is 42.5 Å². The van der Waals surface area contributed by atoms with E-state index in [1.165, 1.54) is 17.8 Å². The predicted molar refractivity (Wildman–Crippen MR) is 120 cm³/mol. The Hall–Kier alpha value is -3.92. The molecule has 4 aromatic rings. The molecule has 2 aromatic carbocycles. The smallest absolute Gasteiger partial charge is 0.325 e. The van der Waals surface area contributed by atoms with Gasteiger partial charge in [0.15, 0.2) is 10.9 Å². The lowest BCUT2D eigenvalue weighted by Crippen LogP contribution is -2.23. The van der Waals surface area contributed by atoms with Gasteiger partial charge < -0.3 is 9.72 Å². The summed E-state index contributed by atoms with van der Waals surface area (Å²) in [6.07, 6.45) is 0.163. The van der Waals surface area contributed by atoms with Gasteiger partial charge in [0.1, 0.15) is 11.6 Å². The zero-order valence-corrected chi connectivity index (χ0v) is 17.9. The van der Waals surface area contributed by atoms with Gasteiger partial charge in [-0.05, 0) is 12.1 Å². The van der Waals surface area contributed by atoms with Gasteiger partial charge in [-0.25, -0.2) is 4.79 Å². The number of H-pyrrole nitrogens is 2. The van der Waals surface area contributed by atoms with Crippen LogP contribution in [0.3, 0.4) is 0 Å². The highest BCUT2D eigenvalue weighted by atomic mass is 32.2. The maximum absolute atomic E-state index is 12.6. The molecule has 9 nitrogen and oxygen atoms in total. The van der Waals surface area contributed by atoms with Crippen LogP contribution in [-0.4, -0.2) is 43.4 Å². The van der Waals surface area contributed by atoms with Gasteiger partial charge in [-0.1, -0.05) is 48.2 Å². The number of aromatic nitrogens is 5. The number of aromatic amines is 2. The van der Waals surface area contributed by atoms with E-state index in [0.717, 1.165) is 5.69 Å². The number of Topliss-reactive ketones (excluding diaryl/α,β-unsaturated/α-hetero) is 1. The van der Waals surface area contributed by atoms with Gasteiger partial charge in [0.2, 0.25) is 0 Å². The molecule has 162 valence electrons. The first kappa shape index (κ1) is 21.3. The number of benzene rings is 2. The van der Waals surface area contributed by atoms with Crippen LogP contribution in [0, 0.1) is 0 Å². The number of hydrogen-bond donors (Lipinski definition) is 2. The number of carbonyl (C=O) groups excluding carboxylic acids is 1. The highest BCUT2D eigenvalue weighted by molar-refractivity contribution is 7.99. The molecule has 0 spiro atoms. The molecule has 2 heterocycles. The van der Waals surface area contributed by atoms with E-state index in [0.29, 0.717) is 28.0 Å². The highest BCUT2D eigenvalue weighted by Crippen LogP contribution is 2.26. The standard InChI is InChI=1S/C22H19N5O4S/c1-31-17-9-5-8-16(12-17)27-19(10-15-11-20(29)24-21(30)23-15)25-26-22(27)32-13-18(28)14-6-3-2-4-7-14/h2-9,11-12H,10,13H2,1H3,(H2,23,24,29,30). The lowest BCUT2D eigenvalue weighted by Gasteiger charge is -2.11. The summed E-state index contributed by atoms with van der Waals surface area (Å²) in [7, 11) is 1.57. The molecule has 4 rings (SSSR count). The Morgan fingerprint density at radius 3 is 2.59 bits per heavy atom.